The fraction of sp³-hybridized carbons (Fsp3) is 0.333. The normalized spacial score (nSPS) is 15.9. The van der Waals surface area contributed by atoms with E-state index in [-0.39, 0.29) is 31.1 Å². The lowest BCUT2D eigenvalue weighted by Gasteiger charge is -2.24. The average Bonchev–Trinajstić information content (AvgIpc) is 3.06. The third-order valence-electron chi connectivity index (χ3n) is 4.60. The molecule has 0 fully saturated rings. The lowest BCUT2D eigenvalue weighted by Crippen LogP contribution is -2.32. The Hall–Kier alpha value is -3.16. The van der Waals surface area contributed by atoms with Gasteiger partial charge in [-0.15, -0.1) is 0 Å². The summed E-state index contributed by atoms with van der Waals surface area (Å²) in [4.78, 5) is 10.6. The molecule has 2 aromatic carbocycles. The van der Waals surface area contributed by atoms with Crippen LogP contribution >= 0.6 is 0 Å². The molecule has 154 valence electrons. The Morgan fingerprint density at radius 2 is 1.90 bits per heavy atom. The van der Waals surface area contributed by atoms with Crippen LogP contribution in [-0.4, -0.2) is 36.5 Å². The minimum Gasteiger partial charge on any atom is -0.497 e. The minimum atomic E-state index is -1.03. The molecule has 3 rings (SSSR count). The molecule has 0 bridgehead atoms. The van der Waals surface area contributed by atoms with E-state index in [1.807, 2.05) is 31.2 Å². The lowest BCUT2D eigenvalue weighted by atomic mass is 10.1. The number of ether oxygens (including phenoxy) is 2. The van der Waals surface area contributed by atoms with Gasteiger partial charge in [0.15, 0.2) is 17.4 Å². The van der Waals surface area contributed by atoms with Crippen LogP contribution in [0.2, 0.25) is 0 Å². The fourth-order valence-corrected chi connectivity index (χ4v) is 3.19. The van der Waals surface area contributed by atoms with Crippen molar-refractivity contribution in [2.75, 3.05) is 18.7 Å². The largest absolute Gasteiger partial charge is 0.497 e. The van der Waals surface area contributed by atoms with Crippen LogP contribution in [0.25, 0.3) is 0 Å². The number of carboxylic acid groups (broad SMARTS) is 1. The van der Waals surface area contributed by atoms with E-state index in [1.165, 1.54) is 0 Å². The molecule has 0 aromatic heterocycles. The summed E-state index contributed by atoms with van der Waals surface area (Å²) in [6, 6.07) is 9.34. The Morgan fingerprint density at radius 3 is 2.48 bits per heavy atom. The highest BCUT2D eigenvalue weighted by atomic mass is 19.1. The number of carbonyl (C=O) groups is 1. The maximum atomic E-state index is 14.3. The number of rotatable bonds is 8. The molecule has 0 saturated carbocycles. The number of aliphatic carboxylic acids is 1. The van der Waals surface area contributed by atoms with Crippen molar-refractivity contribution in [1.29, 1.82) is 0 Å². The van der Waals surface area contributed by atoms with E-state index in [1.54, 1.807) is 12.1 Å². The zero-order valence-electron chi connectivity index (χ0n) is 16.2. The molecule has 1 atom stereocenters. The second kappa shape index (κ2) is 8.89. The molecule has 0 radical (unpaired) electrons. The molecule has 1 N–H and O–H groups in total. The first-order chi connectivity index (χ1) is 13.9. The van der Waals surface area contributed by atoms with Crippen LogP contribution in [-0.2, 0) is 11.2 Å². The predicted molar refractivity (Wildman–Crippen MR) is 105 cm³/mol. The van der Waals surface area contributed by atoms with Crippen LogP contribution < -0.4 is 14.5 Å². The van der Waals surface area contributed by atoms with Crippen LogP contribution in [0.3, 0.4) is 0 Å². The first kappa shape index (κ1) is 20.6. The Morgan fingerprint density at radius 1 is 1.24 bits per heavy atom. The minimum absolute atomic E-state index is 0.0369. The van der Waals surface area contributed by atoms with E-state index >= 15 is 0 Å². The van der Waals surface area contributed by atoms with Crippen LogP contribution in [0.1, 0.15) is 25.3 Å². The number of methoxy groups -OCH3 is 1. The number of hydrogen-bond donors (Lipinski definition) is 1. The molecule has 8 heteroatoms. The number of aryl methyl sites for hydroxylation is 1. The molecule has 0 aliphatic carbocycles. The molecule has 0 saturated heterocycles. The van der Waals surface area contributed by atoms with Crippen molar-refractivity contribution >= 4 is 17.4 Å². The van der Waals surface area contributed by atoms with Gasteiger partial charge in [0, 0.05) is 18.6 Å². The molecule has 1 unspecified atom stereocenters. The second-order valence-corrected chi connectivity index (χ2v) is 6.83. The van der Waals surface area contributed by atoms with Crippen molar-refractivity contribution in [2.45, 2.75) is 32.2 Å². The highest BCUT2D eigenvalue weighted by Gasteiger charge is 2.27. The van der Waals surface area contributed by atoms with Gasteiger partial charge < -0.3 is 14.6 Å². The van der Waals surface area contributed by atoms with Gasteiger partial charge in [-0.1, -0.05) is 0 Å². The van der Waals surface area contributed by atoms with Gasteiger partial charge in [0.05, 0.1) is 18.8 Å². The molecule has 1 aliphatic rings. The van der Waals surface area contributed by atoms with E-state index in [9.17, 15) is 13.6 Å². The summed E-state index contributed by atoms with van der Waals surface area (Å²) in [5, 5.41) is 15.0. The van der Waals surface area contributed by atoms with E-state index < -0.39 is 23.4 Å². The summed E-state index contributed by atoms with van der Waals surface area (Å²) in [5.74, 6) is -2.48. The standard InChI is InChI=1S/C21H22F2N2O4/c1-13-9-16(25(24-13)15-4-6-17(28-2)7-5-15)12-29-21-18(22)10-14(11-19(21)23)3-8-20(26)27/h4-7,10-11,16H,3,8-9,12H2,1-2H3,(H,26,27). The van der Waals surface area contributed by atoms with Crippen LogP contribution in [0, 0.1) is 11.6 Å². The van der Waals surface area contributed by atoms with E-state index in [4.69, 9.17) is 14.6 Å². The number of anilines is 1. The third-order valence-corrected chi connectivity index (χ3v) is 4.60. The molecule has 0 spiro atoms. The van der Waals surface area contributed by atoms with Crippen LogP contribution in [0.5, 0.6) is 11.5 Å². The maximum absolute atomic E-state index is 14.3. The van der Waals surface area contributed by atoms with E-state index in [2.05, 4.69) is 5.10 Å². The molecular formula is C21H22F2N2O4. The van der Waals surface area contributed by atoms with Gasteiger partial charge in [-0.25, -0.2) is 8.78 Å². The SMILES string of the molecule is COc1ccc(N2N=C(C)CC2COc2c(F)cc(CCC(=O)O)cc2F)cc1. The topological polar surface area (TPSA) is 71.4 Å². The maximum Gasteiger partial charge on any atom is 0.303 e. The van der Waals surface area contributed by atoms with Gasteiger partial charge in [0.2, 0.25) is 0 Å². The summed E-state index contributed by atoms with van der Waals surface area (Å²) in [6.45, 7) is 1.92. The van der Waals surface area contributed by atoms with Crippen molar-refractivity contribution in [3.05, 3.63) is 53.6 Å². The van der Waals surface area contributed by atoms with Gasteiger partial charge >= 0.3 is 5.97 Å². The van der Waals surface area contributed by atoms with Gasteiger partial charge in [0.25, 0.3) is 0 Å². The summed E-state index contributed by atoms with van der Waals surface area (Å²) >= 11 is 0. The number of hydrazone groups is 1. The number of benzene rings is 2. The monoisotopic (exact) mass is 404 g/mol. The van der Waals surface area contributed by atoms with Gasteiger partial charge in [-0.3, -0.25) is 9.80 Å². The van der Waals surface area contributed by atoms with E-state index in [0.29, 0.717) is 12.2 Å². The average molecular weight is 404 g/mol. The van der Waals surface area contributed by atoms with Gasteiger partial charge in [0.1, 0.15) is 12.4 Å². The fourth-order valence-electron chi connectivity index (χ4n) is 3.19. The zero-order valence-corrected chi connectivity index (χ0v) is 16.2. The van der Waals surface area contributed by atoms with Crippen LogP contribution in [0.15, 0.2) is 41.5 Å². The molecule has 2 aromatic rings. The van der Waals surface area contributed by atoms with Crippen LogP contribution in [0.4, 0.5) is 14.5 Å². The Kier molecular flexibility index (Phi) is 6.31. The Balaban J connectivity index is 1.70. The summed E-state index contributed by atoms with van der Waals surface area (Å²) in [6.07, 6.45) is 0.449. The highest BCUT2D eigenvalue weighted by Crippen LogP contribution is 2.29. The molecule has 1 heterocycles. The quantitative estimate of drug-likeness (QED) is 0.720. The number of carboxylic acids is 1. The number of hydrogen-bond acceptors (Lipinski definition) is 5. The Bertz CT molecular complexity index is 892. The first-order valence-corrected chi connectivity index (χ1v) is 9.17. The smallest absolute Gasteiger partial charge is 0.303 e. The zero-order chi connectivity index (χ0) is 21.0. The first-order valence-electron chi connectivity index (χ1n) is 9.17. The van der Waals surface area contributed by atoms with Crippen molar-refractivity contribution in [1.82, 2.24) is 0 Å². The van der Waals surface area contributed by atoms with Crippen molar-refractivity contribution < 1.29 is 28.2 Å². The summed E-state index contributed by atoms with van der Waals surface area (Å²) < 4.78 is 39.3. The van der Waals surface area contributed by atoms with E-state index in [0.717, 1.165) is 23.5 Å². The van der Waals surface area contributed by atoms with Gasteiger partial charge in [-0.05, 0) is 55.3 Å². The van der Waals surface area contributed by atoms with Crippen molar-refractivity contribution in [2.24, 2.45) is 5.10 Å². The molecule has 29 heavy (non-hydrogen) atoms. The summed E-state index contributed by atoms with van der Waals surface area (Å²) in [7, 11) is 1.58. The molecule has 1 aliphatic heterocycles. The van der Waals surface area contributed by atoms with Crippen molar-refractivity contribution in [3.8, 4) is 11.5 Å². The summed E-state index contributed by atoms with van der Waals surface area (Å²) in [5.41, 5.74) is 1.98. The second-order valence-electron chi connectivity index (χ2n) is 6.83. The lowest BCUT2D eigenvalue weighted by molar-refractivity contribution is -0.136. The third kappa shape index (κ3) is 5.01. The Labute approximate surface area is 167 Å². The molecule has 6 nitrogen and oxygen atoms in total. The van der Waals surface area contributed by atoms with Gasteiger partial charge in [-0.2, -0.15) is 5.10 Å². The van der Waals surface area contributed by atoms with Crippen molar-refractivity contribution in [3.63, 3.8) is 0 Å². The predicted octanol–water partition coefficient (Wildman–Crippen LogP) is 4.02. The number of nitrogens with zero attached hydrogens (tertiary/aromatic N) is 2. The highest BCUT2D eigenvalue weighted by molar-refractivity contribution is 5.86. The molecular weight excluding hydrogens is 382 g/mol. The number of halogens is 2. The molecule has 0 amide bonds.